The van der Waals surface area contributed by atoms with Gasteiger partial charge >= 0.3 is 0 Å². The molecule has 1 fully saturated rings. The first kappa shape index (κ1) is 16.2. The normalized spacial score (nSPS) is 19.6. The van der Waals surface area contributed by atoms with Crippen LogP contribution in [0.2, 0.25) is 5.02 Å². The van der Waals surface area contributed by atoms with Crippen molar-refractivity contribution in [1.82, 2.24) is 4.31 Å². The Morgan fingerprint density at radius 3 is 2.90 bits per heavy atom. The van der Waals surface area contributed by atoms with Gasteiger partial charge in [-0.2, -0.15) is 9.57 Å². The number of nitrogens with zero attached hydrogens (tertiary/aromatic N) is 2. The molecule has 5 nitrogen and oxygen atoms in total. The summed E-state index contributed by atoms with van der Waals surface area (Å²) in [6, 6.07) is 6.05. The Labute approximate surface area is 129 Å². The van der Waals surface area contributed by atoms with E-state index in [0.717, 1.165) is 12.8 Å². The first-order valence-corrected chi connectivity index (χ1v) is 8.65. The van der Waals surface area contributed by atoms with Crippen LogP contribution in [0.25, 0.3) is 0 Å². The summed E-state index contributed by atoms with van der Waals surface area (Å²) in [5.41, 5.74) is 0.104. The Balaban J connectivity index is 2.38. The molecule has 1 heterocycles. The third-order valence-corrected chi connectivity index (χ3v) is 5.90. The van der Waals surface area contributed by atoms with Gasteiger partial charge in [-0.15, -0.1) is 0 Å². The fraction of sp³-hybridized carbons (Fsp3) is 0.500. The lowest BCUT2D eigenvalue weighted by molar-refractivity contribution is 0.264. The minimum atomic E-state index is -3.74. The summed E-state index contributed by atoms with van der Waals surface area (Å²) >= 11 is 5.88. The van der Waals surface area contributed by atoms with Crippen molar-refractivity contribution in [2.45, 2.75) is 36.6 Å². The summed E-state index contributed by atoms with van der Waals surface area (Å²) in [5, 5.41) is 18.3. The Bertz CT molecular complexity index is 655. The third kappa shape index (κ3) is 3.38. The minimum absolute atomic E-state index is 0.0339. The van der Waals surface area contributed by atoms with Gasteiger partial charge in [-0.1, -0.05) is 11.6 Å². The molecule has 0 radical (unpaired) electrons. The van der Waals surface area contributed by atoms with Gasteiger partial charge < -0.3 is 5.11 Å². The van der Waals surface area contributed by atoms with Crippen molar-refractivity contribution in [3.63, 3.8) is 0 Å². The molecule has 1 N–H and O–H groups in total. The van der Waals surface area contributed by atoms with Crippen LogP contribution in [0.3, 0.4) is 0 Å². The standard InChI is InChI=1S/C14H17ClN2O3S/c15-12-6-5-11(10-16)14(9-12)21(19,20)17-7-1-3-13(17)4-2-8-18/h5-6,9,13,18H,1-4,7-8H2. The molecule has 0 aliphatic carbocycles. The van der Waals surface area contributed by atoms with E-state index < -0.39 is 10.0 Å². The molecule has 1 aliphatic heterocycles. The molecule has 2 rings (SSSR count). The van der Waals surface area contributed by atoms with Crippen molar-refractivity contribution >= 4 is 21.6 Å². The van der Waals surface area contributed by atoms with Crippen LogP contribution in [0.1, 0.15) is 31.2 Å². The van der Waals surface area contributed by atoms with Gasteiger partial charge in [0.15, 0.2) is 0 Å². The number of rotatable bonds is 5. The van der Waals surface area contributed by atoms with Crippen molar-refractivity contribution in [1.29, 1.82) is 5.26 Å². The van der Waals surface area contributed by atoms with Gasteiger partial charge in [-0.3, -0.25) is 0 Å². The molecule has 21 heavy (non-hydrogen) atoms. The Kier molecular flexibility index (Phi) is 5.22. The van der Waals surface area contributed by atoms with Crippen LogP contribution in [-0.4, -0.2) is 37.0 Å². The molecule has 0 saturated carbocycles. The van der Waals surface area contributed by atoms with Gasteiger partial charge in [0.25, 0.3) is 0 Å². The average molecular weight is 329 g/mol. The maximum Gasteiger partial charge on any atom is 0.244 e. The van der Waals surface area contributed by atoms with E-state index in [1.54, 1.807) is 0 Å². The number of halogens is 1. The lowest BCUT2D eigenvalue weighted by atomic mass is 10.1. The monoisotopic (exact) mass is 328 g/mol. The highest BCUT2D eigenvalue weighted by Gasteiger charge is 2.36. The van der Waals surface area contributed by atoms with Crippen molar-refractivity contribution in [2.75, 3.05) is 13.2 Å². The molecule has 0 aromatic heterocycles. The molecule has 114 valence electrons. The van der Waals surface area contributed by atoms with Gasteiger partial charge in [-0.25, -0.2) is 8.42 Å². The number of hydrogen-bond acceptors (Lipinski definition) is 4. The predicted octanol–water partition coefficient (Wildman–Crippen LogP) is 2.14. The SMILES string of the molecule is N#Cc1ccc(Cl)cc1S(=O)(=O)N1CCCC1CCCO. The average Bonchev–Trinajstić information content (AvgIpc) is 2.94. The van der Waals surface area contributed by atoms with Crippen LogP contribution in [0.4, 0.5) is 0 Å². The first-order valence-electron chi connectivity index (χ1n) is 6.83. The zero-order valence-corrected chi connectivity index (χ0v) is 13.1. The van der Waals surface area contributed by atoms with Crippen LogP contribution in [0.5, 0.6) is 0 Å². The van der Waals surface area contributed by atoms with Crippen molar-refractivity contribution in [3.8, 4) is 6.07 Å². The number of nitriles is 1. The Morgan fingerprint density at radius 1 is 1.48 bits per heavy atom. The molecule has 1 aromatic carbocycles. The van der Waals surface area contributed by atoms with E-state index in [0.29, 0.717) is 24.4 Å². The summed E-state index contributed by atoms with van der Waals surface area (Å²) in [4.78, 5) is -0.0339. The topological polar surface area (TPSA) is 81.4 Å². The molecule has 0 bridgehead atoms. The molecular weight excluding hydrogens is 312 g/mol. The van der Waals surface area contributed by atoms with Crippen molar-refractivity contribution in [3.05, 3.63) is 28.8 Å². The Hall–Kier alpha value is -1.13. The fourth-order valence-corrected chi connectivity index (χ4v) is 4.80. The quantitative estimate of drug-likeness (QED) is 0.897. The second-order valence-electron chi connectivity index (χ2n) is 5.03. The van der Waals surface area contributed by atoms with Crippen LogP contribution in [-0.2, 0) is 10.0 Å². The fourth-order valence-electron chi connectivity index (χ4n) is 2.67. The highest BCUT2D eigenvalue weighted by Crippen LogP contribution is 2.31. The second-order valence-corrected chi connectivity index (χ2v) is 7.33. The Morgan fingerprint density at radius 2 is 2.24 bits per heavy atom. The lowest BCUT2D eigenvalue weighted by Crippen LogP contribution is -2.36. The summed E-state index contributed by atoms with van der Waals surface area (Å²) in [6.45, 7) is 0.487. The number of benzene rings is 1. The van der Waals surface area contributed by atoms with E-state index in [9.17, 15) is 8.42 Å². The van der Waals surface area contributed by atoms with E-state index in [1.807, 2.05) is 6.07 Å². The number of hydrogen-bond donors (Lipinski definition) is 1. The maximum atomic E-state index is 12.8. The molecular formula is C14H17ClN2O3S. The molecule has 7 heteroatoms. The highest BCUT2D eigenvalue weighted by atomic mass is 35.5. The van der Waals surface area contributed by atoms with E-state index in [-0.39, 0.29) is 23.1 Å². The molecule has 0 amide bonds. The number of aliphatic hydroxyl groups excluding tert-OH is 1. The van der Waals surface area contributed by atoms with Gasteiger partial charge in [-0.05, 0) is 43.9 Å². The summed E-state index contributed by atoms with van der Waals surface area (Å²) in [7, 11) is -3.74. The van der Waals surface area contributed by atoms with Gasteiger partial charge in [0.2, 0.25) is 10.0 Å². The second kappa shape index (κ2) is 6.75. The summed E-state index contributed by atoms with van der Waals surface area (Å²) < 4.78 is 27.0. The van der Waals surface area contributed by atoms with Gasteiger partial charge in [0, 0.05) is 24.2 Å². The largest absolute Gasteiger partial charge is 0.396 e. The van der Waals surface area contributed by atoms with Gasteiger partial charge in [0.1, 0.15) is 11.0 Å². The van der Waals surface area contributed by atoms with Crippen LogP contribution in [0.15, 0.2) is 23.1 Å². The van der Waals surface area contributed by atoms with E-state index >= 15 is 0 Å². The number of sulfonamides is 1. The predicted molar refractivity (Wildman–Crippen MR) is 79.4 cm³/mol. The molecule has 0 spiro atoms. The van der Waals surface area contributed by atoms with E-state index in [2.05, 4.69) is 0 Å². The van der Waals surface area contributed by atoms with Crippen LogP contribution >= 0.6 is 11.6 Å². The van der Waals surface area contributed by atoms with Crippen molar-refractivity contribution in [2.24, 2.45) is 0 Å². The smallest absolute Gasteiger partial charge is 0.244 e. The summed E-state index contributed by atoms with van der Waals surface area (Å²) in [5.74, 6) is 0. The molecule has 1 aromatic rings. The van der Waals surface area contributed by atoms with E-state index in [1.165, 1.54) is 22.5 Å². The molecule has 1 atom stereocenters. The zero-order chi connectivity index (χ0) is 15.5. The molecule has 1 aliphatic rings. The van der Waals surface area contributed by atoms with Crippen molar-refractivity contribution < 1.29 is 13.5 Å². The first-order chi connectivity index (χ1) is 10.0. The minimum Gasteiger partial charge on any atom is -0.396 e. The zero-order valence-electron chi connectivity index (χ0n) is 11.5. The third-order valence-electron chi connectivity index (χ3n) is 3.67. The van der Waals surface area contributed by atoms with Crippen LogP contribution in [0, 0.1) is 11.3 Å². The van der Waals surface area contributed by atoms with E-state index in [4.69, 9.17) is 22.0 Å². The number of aliphatic hydroxyl groups is 1. The van der Waals surface area contributed by atoms with Gasteiger partial charge in [0.05, 0.1) is 5.56 Å². The molecule has 1 unspecified atom stereocenters. The lowest BCUT2D eigenvalue weighted by Gasteiger charge is -2.24. The molecule has 1 saturated heterocycles. The maximum absolute atomic E-state index is 12.8. The van der Waals surface area contributed by atoms with Crippen LogP contribution < -0.4 is 0 Å². The summed E-state index contributed by atoms with van der Waals surface area (Å²) in [6.07, 6.45) is 2.76. The highest BCUT2D eigenvalue weighted by molar-refractivity contribution is 7.89.